The van der Waals surface area contributed by atoms with Crippen molar-refractivity contribution in [3.05, 3.63) is 48.6 Å². The Balaban J connectivity index is 2.32. The molecule has 0 bridgehead atoms. The van der Waals surface area contributed by atoms with Crippen LogP contribution in [0.25, 0.3) is 0 Å². The fourth-order valence-corrected chi connectivity index (χ4v) is 1.34. The number of Topliss-reactive ketones (excluding diaryl/α,β-unsaturated/α-hetero) is 1. The van der Waals surface area contributed by atoms with Gasteiger partial charge < -0.3 is 4.74 Å². The highest BCUT2D eigenvalue weighted by Gasteiger charge is 2.11. The lowest BCUT2D eigenvalue weighted by Gasteiger charge is -2.11. The third-order valence-electron chi connectivity index (χ3n) is 2.39. The summed E-state index contributed by atoms with van der Waals surface area (Å²) in [5.41, 5.74) is 1.09. The summed E-state index contributed by atoms with van der Waals surface area (Å²) in [5, 5.41) is 0. The summed E-state index contributed by atoms with van der Waals surface area (Å²) in [6.45, 7) is 5.88. The zero-order valence-electron chi connectivity index (χ0n) is 9.69. The van der Waals surface area contributed by atoms with Crippen LogP contribution < -0.4 is 0 Å². The van der Waals surface area contributed by atoms with Crippen LogP contribution >= 0.6 is 0 Å². The highest BCUT2D eigenvalue weighted by atomic mass is 16.5. The van der Waals surface area contributed by atoms with Gasteiger partial charge in [0.15, 0.2) is 5.78 Å². The average Bonchev–Trinajstić information content (AvgIpc) is 2.34. The molecule has 0 saturated heterocycles. The van der Waals surface area contributed by atoms with E-state index in [2.05, 4.69) is 6.58 Å². The van der Waals surface area contributed by atoms with Crippen LogP contribution in [0.2, 0.25) is 0 Å². The summed E-state index contributed by atoms with van der Waals surface area (Å²) in [6, 6.07) is 9.86. The van der Waals surface area contributed by atoms with Crippen molar-refractivity contribution < 1.29 is 9.53 Å². The Labute approximate surface area is 96.9 Å². The van der Waals surface area contributed by atoms with Crippen LogP contribution in [0, 0.1) is 0 Å². The summed E-state index contributed by atoms with van der Waals surface area (Å²) >= 11 is 0. The molecular formula is C14H18O2. The zero-order valence-corrected chi connectivity index (χ0v) is 9.69. The van der Waals surface area contributed by atoms with Gasteiger partial charge in [-0.25, -0.2) is 0 Å². The first kappa shape index (κ1) is 12.7. The van der Waals surface area contributed by atoms with Crippen molar-refractivity contribution in [2.75, 3.05) is 0 Å². The quantitative estimate of drug-likeness (QED) is 0.657. The Morgan fingerprint density at radius 2 is 2.12 bits per heavy atom. The second-order valence-electron chi connectivity index (χ2n) is 3.73. The number of ketones is 1. The van der Waals surface area contributed by atoms with E-state index in [0.717, 1.165) is 12.0 Å². The van der Waals surface area contributed by atoms with Gasteiger partial charge in [0.05, 0.1) is 6.61 Å². The summed E-state index contributed by atoms with van der Waals surface area (Å²) in [4.78, 5) is 11.6. The van der Waals surface area contributed by atoms with Crippen LogP contribution in [-0.4, -0.2) is 11.9 Å². The molecule has 2 nitrogen and oxygen atoms in total. The molecule has 0 spiro atoms. The van der Waals surface area contributed by atoms with Crippen LogP contribution in [-0.2, 0) is 16.1 Å². The molecule has 1 rings (SSSR count). The molecule has 2 heteroatoms. The van der Waals surface area contributed by atoms with Crippen molar-refractivity contribution in [2.24, 2.45) is 0 Å². The number of benzene rings is 1. The van der Waals surface area contributed by atoms with Crippen LogP contribution in [0.1, 0.15) is 25.3 Å². The van der Waals surface area contributed by atoms with E-state index in [1.807, 2.05) is 30.3 Å². The molecule has 1 atom stereocenters. The molecule has 0 amide bonds. The number of rotatable bonds is 7. The first-order valence-corrected chi connectivity index (χ1v) is 5.53. The highest BCUT2D eigenvalue weighted by Crippen LogP contribution is 2.06. The first-order chi connectivity index (χ1) is 7.74. The van der Waals surface area contributed by atoms with Crippen molar-refractivity contribution in [2.45, 2.75) is 32.5 Å². The second-order valence-corrected chi connectivity index (χ2v) is 3.73. The number of hydrogen-bond donors (Lipinski definition) is 0. The number of ether oxygens (including phenoxy) is 1. The predicted molar refractivity (Wildman–Crippen MR) is 65.1 cm³/mol. The fraction of sp³-hybridized carbons (Fsp3) is 0.357. The van der Waals surface area contributed by atoms with Gasteiger partial charge in [-0.2, -0.15) is 0 Å². The molecule has 86 valence electrons. The highest BCUT2D eigenvalue weighted by molar-refractivity contribution is 5.82. The van der Waals surface area contributed by atoms with E-state index in [1.54, 1.807) is 13.0 Å². The minimum absolute atomic E-state index is 0.135. The standard InChI is InChI=1S/C14H18O2/c1-3-4-10-14(15)12(2)16-11-13-8-6-5-7-9-13/h3,5-9,12H,1,4,10-11H2,2H3. The molecule has 0 aliphatic rings. The molecular weight excluding hydrogens is 200 g/mol. The Morgan fingerprint density at radius 3 is 2.75 bits per heavy atom. The predicted octanol–water partition coefficient (Wildman–Crippen LogP) is 3.13. The monoisotopic (exact) mass is 218 g/mol. The topological polar surface area (TPSA) is 26.3 Å². The second kappa shape index (κ2) is 6.96. The number of carbonyl (C=O) groups excluding carboxylic acids is 1. The Hall–Kier alpha value is -1.41. The lowest BCUT2D eigenvalue weighted by atomic mass is 10.1. The summed E-state index contributed by atoms with van der Waals surface area (Å²) < 4.78 is 5.50. The van der Waals surface area contributed by atoms with E-state index in [-0.39, 0.29) is 11.9 Å². The van der Waals surface area contributed by atoms with E-state index in [1.165, 1.54) is 0 Å². The fourth-order valence-electron chi connectivity index (χ4n) is 1.34. The molecule has 0 aliphatic carbocycles. The molecule has 0 radical (unpaired) electrons. The SMILES string of the molecule is C=CCCC(=O)C(C)OCc1ccccc1. The van der Waals surface area contributed by atoms with Crippen LogP contribution in [0.5, 0.6) is 0 Å². The molecule has 0 aromatic heterocycles. The van der Waals surface area contributed by atoms with Crippen molar-refractivity contribution in [1.82, 2.24) is 0 Å². The normalized spacial score (nSPS) is 12.1. The van der Waals surface area contributed by atoms with Gasteiger partial charge in [-0.05, 0) is 18.9 Å². The molecule has 1 unspecified atom stereocenters. The number of carbonyl (C=O) groups is 1. The first-order valence-electron chi connectivity index (χ1n) is 5.53. The molecule has 16 heavy (non-hydrogen) atoms. The van der Waals surface area contributed by atoms with E-state index in [9.17, 15) is 4.79 Å². The Kier molecular flexibility index (Phi) is 5.51. The molecule has 0 aliphatic heterocycles. The van der Waals surface area contributed by atoms with Gasteiger partial charge in [-0.1, -0.05) is 36.4 Å². The summed E-state index contributed by atoms with van der Waals surface area (Å²) in [6.07, 6.45) is 2.65. The third-order valence-corrected chi connectivity index (χ3v) is 2.39. The molecule has 1 aromatic rings. The van der Waals surface area contributed by atoms with Crippen LogP contribution in [0.3, 0.4) is 0 Å². The third kappa shape index (κ3) is 4.41. The van der Waals surface area contributed by atoms with E-state index in [4.69, 9.17) is 4.74 Å². The average molecular weight is 218 g/mol. The van der Waals surface area contributed by atoms with E-state index in [0.29, 0.717) is 13.0 Å². The van der Waals surface area contributed by atoms with Gasteiger partial charge in [0, 0.05) is 6.42 Å². The van der Waals surface area contributed by atoms with E-state index >= 15 is 0 Å². The molecule has 0 saturated carbocycles. The largest absolute Gasteiger partial charge is 0.366 e. The van der Waals surface area contributed by atoms with Crippen molar-refractivity contribution >= 4 is 5.78 Å². The molecule has 0 N–H and O–H groups in total. The van der Waals surface area contributed by atoms with E-state index < -0.39 is 0 Å². The Bertz CT molecular complexity index is 330. The van der Waals surface area contributed by atoms with Crippen molar-refractivity contribution in [1.29, 1.82) is 0 Å². The maximum atomic E-state index is 11.6. The number of hydrogen-bond acceptors (Lipinski definition) is 2. The van der Waals surface area contributed by atoms with Crippen molar-refractivity contribution in [3.8, 4) is 0 Å². The lowest BCUT2D eigenvalue weighted by Crippen LogP contribution is -2.20. The minimum atomic E-state index is -0.333. The van der Waals surface area contributed by atoms with Gasteiger partial charge in [0.25, 0.3) is 0 Å². The maximum absolute atomic E-state index is 11.6. The lowest BCUT2D eigenvalue weighted by molar-refractivity contribution is -0.130. The molecule has 0 fully saturated rings. The molecule has 1 aromatic carbocycles. The van der Waals surface area contributed by atoms with Crippen LogP contribution in [0.15, 0.2) is 43.0 Å². The number of allylic oxidation sites excluding steroid dienone is 1. The Morgan fingerprint density at radius 1 is 1.44 bits per heavy atom. The smallest absolute Gasteiger partial charge is 0.161 e. The minimum Gasteiger partial charge on any atom is -0.366 e. The van der Waals surface area contributed by atoms with Crippen molar-refractivity contribution in [3.63, 3.8) is 0 Å². The van der Waals surface area contributed by atoms with Gasteiger partial charge in [-0.3, -0.25) is 4.79 Å². The molecule has 0 heterocycles. The maximum Gasteiger partial charge on any atom is 0.161 e. The zero-order chi connectivity index (χ0) is 11.8. The van der Waals surface area contributed by atoms with Gasteiger partial charge in [-0.15, -0.1) is 6.58 Å². The van der Waals surface area contributed by atoms with Gasteiger partial charge in [0.1, 0.15) is 6.10 Å². The summed E-state index contributed by atoms with van der Waals surface area (Å²) in [7, 11) is 0. The summed E-state index contributed by atoms with van der Waals surface area (Å²) in [5.74, 6) is 0.135. The van der Waals surface area contributed by atoms with Gasteiger partial charge >= 0.3 is 0 Å². The van der Waals surface area contributed by atoms with Gasteiger partial charge in [0.2, 0.25) is 0 Å². The van der Waals surface area contributed by atoms with Crippen LogP contribution in [0.4, 0.5) is 0 Å².